The van der Waals surface area contributed by atoms with Gasteiger partial charge in [0.2, 0.25) is 0 Å². The molecule has 72 valence electrons. The molecule has 1 aromatic rings. The van der Waals surface area contributed by atoms with Gasteiger partial charge >= 0.3 is 0 Å². The molecule has 0 aliphatic carbocycles. The molecule has 0 spiro atoms. The first-order valence-corrected chi connectivity index (χ1v) is 4.78. The summed E-state index contributed by atoms with van der Waals surface area (Å²) in [6.45, 7) is 3.94. The van der Waals surface area contributed by atoms with Gasteiger partial charge in [0.25, 0.3) is 0 Å². The van der Waals surface area contributed by atoms with E-state index >= 15 is 0 Å². The lowest BCUT2D eigenvalue weighted by Crippen LogP contribution is -2.20. The predicted octanol–water partition coefficient (Wildman–Crippen LogP) is 2.37. The van der Waals surface area contributed by atoms with Crippen LogP contribution in [0.25, 0.3) is 0 Å². The van der Waals surface area contributed by atoms with Crippen LogP contribution >= 0.6 is 0 Å². The molecule has 2 heteroatoms. The Balaban J connectivity index is 2.26. The second-order valence-corrected chi connectivity index (χ2v) is 3.61. The number of nitrogens with one attached hydrogen (secondary N) is 1. The zero-order chi connectivity index (χ0) is 9.97. The van der Waals surface area contributed by atoms with Crippen LogP contribution in [0.1, 0.15) is 12.0 Å². The first-order chi connectivity index (χ1) is 6.81. The molecule has 2 rings (SSSR count). The molecule has 1 unspecified atom stereocenters. The predicted molar refractivity (Wildman–Crippen MR) is 57.1 cm³/mol. The van der Waals surface area contributed by atoms with Crippen molar-refractivity contribution in [3.05, 3.63) is 42.1 Å². The van der Waals surface area contributed by atoms with Gasteiger partial charge in [-0.25, -0.2) is 0 Å². The lowest BCUT2D eigenvalue weighted by Gasteiger charge is -2.26. The highest BCUT2D eigenvalue weighted by molar-refractivity contribution is 5.60. The summed E-state index contributed by atoms with van der Waals surface area (Å²) in [7, 11) is 0. The molecule has 0 amide bonds. The van der Waals surface area contributed by atoms with Gasteiger partial charge in [-0.2, -0.15) is 0 Å². The fourth-order valence-electron chi connectivity index (χ4n) is 1.83. The van der Waals surface area contributed by atoms with Crippen molar-refractivity contribution in [2.24, 2.45) is 5.92 Å². The second-order valence-electron chi connectivity index (χ2n) is 3.61. The zero-order valence-electron chi connectivity index (χ0n) is 7.99. The highest BCUT2D eigenvalue weighted by Gasteiger charge is 2.20. The van der Waals surface area contributed by atoms with E-state index in [-0.39, 0.29) is 5.92 Å². The van der Waals surface area contributed by atoms with E-state index in [1.54, 1.807) is 0 Å². The topological polar surface area (TPSA) is 29.1 Å². The van der Waals surface area contributed by atoms with Gasteiger partial charge in [0, 0.05) is 23.7 Å². The highest BCUT2D eigenvalue weighted by atomic mass is 16.1. The van der Waals surface area contributed by atoms with Crippen LogP contribution in [-0.2, 0) is 11.2 Å². The molecule has 14 heavy (non-hydrogen) atoms. The van der Waals surface area contributed by atoms with Crippen molar-refractivity contribution in [1.82, 2.24) is 0 Å². The van der Waals surface area contributed by atoms with Gasteiger partial charge in [-0.1, -0.05) is 24.8 Å². The number of rotatable bonds is 2. The first-order valence-electron chi connectivity index (χ1n) is 4.78. The van der Waals surface area contributed by atoms with Crippen LogP contribution in [0.3, 0.4) is 0 Å². The van der Waals surface area contributed by atoms with E-state index in [4.69, 9.17) is 0 Å². The fraction of sp³-hybridized carbons (Fsp3) is 0.250. The Morgan fingerprint density at radius 3 is 3.07 bits per heavy atom. The van der Waals surface area contributed by atoms with Crippen LogP contribution in [0.5, 0.6) is 0 Å². The minimum absolute atomic E-state index is 0.252. The molecule has 1 N–H and O–H groups in total. The van der Waals surface area contributed by atoms with Crippen molar-refractivity contribution >= 4 is 12.0 Å². The molecular weight excluding hydrogens is 174 g/mol. The van der Waals surface area contributed by atoms with E-state index in [1.165, 1.54) is 5.56 Å². The Hall–Kier alpha value is -1.57. The van der Waals surface area contributed by atoms with Crippen LogP contribution < -0.4 is 5.32 Å². The number of hydrogen-bond acceptors (Lipinski definition) is 2. The van der Waals surface area contributed by atoms with Crippen molar-refractivity contribution in [2.75, 3.05) is 5.32 Å². The highest BCUT2D eigenvalue weighted by Crippen LogP contribution is 2.30. The number of carbonyl (C=O) groups is 1. The molecule has 0 saturated heterocycles. The zero-order valence-corrected chi connectivity index (χ0v) is 7.99. The van der Waals surface area contributed by atoms with Crippen LogP contribution in [0, 0.1) is 5.92 Å². The van der Waals surface area contributed by atoms with E-state index in [9.17, 15) is 4.79 Å². The van der Waals surface area contributed by atoms with Crippen molar-refractivity contribution < 1.29 is 4.79 Å². The van der Waals surface area contributed by atoms with Gasteiger partial charge in [-0.15, -0.1) is 0 Å². The molecule has 0 bridgehead atoms. The summed E-state index contributed by atoms with van der Waals surface area (Å²) in [5.74, 6) is 0.252. The van der Waals surface area contributed by atoms with E-state index in [2.05, 4.69) is 18.0 Å². The lowest BCUT2D eigenvalue weighted by atomic mass is 9.89. The summed E-state index contributed by atoms with van der Waals surface area (Å²) in [6.07, 6.45) is 2.44. The van der Waals surface area contributed by atoms with Gasteiger partial charge < -0.3 is 10.1 Å². The van der Waals surface area contributed by atoms with Crippen LogP contribution in [-0.4, -0.2) is 6.29 Å². The molecule has 0 aromatic heterocycles. The second kappa shape index (κ2) is 3.66. The first kappa shape index (κ1) is 9.00. The molecule has 0 fully saturated rings. The van der Waals surface area contributed by atoms with E-state index in [0.29, 0.717) is 6.42 Å². The molecule has 1 heterocycles. The maximum Gasteiger partial charge on any atom is 0.120 e. The van der Waals surface area contributed by atoms with Gasteiger partial charge in [-0.3, -0.25) is 0 Å². The largest absolute Gasteiger partial charge is 0.359 e. The summed E-state index contributed by atoms with van der Waals surface area (Å²) in [5.41, 5.74) is 3.35. The van der Waals surface area contributed by atoms with E-state index in [0.717, 1.165) is 24.1 Å². The Bertz CT molecular complexity index is 370. The number of aldehydes is 1. The van der Waals surface area contributed by atoms with Gasteiger partial charge in [0.15, 0.2) is 0 Å². The maximum atomic E-state index is 10.5. The average Bonchev–Trinajstić information content (AvgIpc) is 2.19. The average molecular weight is 187 g/mol. The molecule has 1 atom stereocenters. The molecule has 1 aromatic carbocycles. The fourth-order valence-corrected chi connectivity index (χ4v) is 1.83. The van der Waals surface area contributed by atoms with Crippen molar-refractivity contribution in [3.8, 4) is 0 Å². The summed E-state index contributed by atoms with van der Waals surface area (Å²) >= 11 is 0. The number of benzene rings is 1. The molecule has 0 saturated carbocycles. The smallest absolute Gasteiger partial charge is 0.120 e. The van der Waals surface area contributed by atoms with Gasteiger partial charge in [-0.05, 0) is 18.1 Å². The third-order valence-corrected chi connectivity index (χ3v) is 2.65. The number of para-hydroxylation sites is 1. The summed E-state index contributed by atoms with van der Waals surface area (Å²) < 4.78 is 0. The standard InChI is InChI=1S/C12H13NO/c1-9-10(6-7-14)8-11-4-2-3-5-12(11)13-9/h2-5,7,10,13H,1,6,8H2. The normalized spacial score (nSPS) is 19.7. The summed E-state index contributed by atoms with van der Waals surface area (Å²) in [5, 5.41) is 3.24. The quantitative estimate of drug-likeness (QED) is 0.720. The summed E-state index contributed by atoms with van der Waals surface area (Å²) in [6, 6.07) is 8.15. The van der Waals surface area contributed by atoms with Crippen LogP contribution in [0.4, 0.5) is 5.69 Å². The number of carbonyl (C=O) groups excluding carboxylic acids is 1. The number of allylic oxidation sites excluding steroid dienone is 1. The number of hydrogen-bond donors (Lipinski definition) is 1. The minimum Gasteiger partial charge on any atom is -0.359 e. The number of fused-ring (bicyclic) bond motifs is 1. The van der Waals surface area contributed by atoms with E-state index < -0.39 is 0 Å². The third-order valence-electron chi connectivity index (χ3n) is 2.65. The third kappa shape index (κ3) is 1.55. The Morgan fingerprint density at radius 1 is 1.50 bits per heavy atom. The Morgan fingerprint density at radius 2 is 2.29 bits per heavy atom. The minimum atomic E-state index is 0.252. The van der Waals surface area contributed by atoms with Crippen molar-refractivity contribution in [2.45, 2.75) is 12.8 Å². The molecule has 2 nitrogen and oxygen atoms in total. The number of anilines is 1. The van der Waals surface area contributed by atoms with E-state index in [1.807, 2.05) is 18.2 Å². The monoisotopic (exact) mass is 187 g/mol. The van der Waals surface area contributed by atoms with Crippen LogP contribution in [0.2, 0.25) is 0 Å². The van der Waals surface area contributed by atoms with Crippen molar-refractivity contribution in [1.29, 1.82) is 0 Å². The Labute approximate surface area is 83.6 Å². The van der Waals surface area contributed by atoms with Gasteiger partial charge in [0.05, 0.1) is 0 Å². The molecule has 1 aliphatic rings. The molecular formula is C12H13NO. The SMILES string of the molecule is C=C1Nc2ccccc2CC1CC=O. The molecule has 1 aliphatic heterocycles. The summed E-state index contributed by atoms with van der Waals surface area (Å²) in [4.78, 5) is 10.5. The lowest BCUT2D eigenvalue weighted by molar-refractivity contribution is -0.108. The van der Waals surface area contributed by atoms with Crippen molar-refractivity contribution in [3.63, 3.8) is 0 Å². The van der Waals surface area contributed by atoms with Crippen LogP contribution in [0.15, 0.2) is 36.5 Å². The van der Waals surface area contributed by atoms with Gasteiger partial charge in [0.1, 0.15) is 6.29 Å². The maximum absolute atomic E-state index is 10.5. The Kier molecular flexibility index (Phi) is 2.35. The molecule has 0 radical (unpaired) electrons.